The molecule has 1 aromatic rings. The number of nitrogens with one attached hydrogen (secondary N) is 2. The van der Waals surface area contributed by atoms with Crippen molar-refractivity contribution in [2.24, 2.45) is 0 Å². The molecule has 0 saturated carbocycles. The van der Waals surface area contributed by atoms with Gasteiger partial charge in [-0.05, 0) is 18.1 Å². The van der Waals surface area contributed by atoms with Gasteiger partial charge in [-0.2, -0.15) is 0 Å². The first-order valence-corrected chi connectivity index (χ1v) is 6.38. The number of amides is 1. The summed E-state index contributed by atoms with van der Waals surface area (Å²) in [5, 5.41) is 15.2. The summed E-state index contributed by atoms with van der Waals surface area (Å²) in [6, 6.07) is 7.50. The molecule has 1 fully saturated rings. The molecule has 0 aliphatic carbocycles. The molecule has 2 rings (SSSR count). The van der Waals surface area contributed by atoms with Crippen molar-refractivity contribution in [3.8, 4) is 0 Å². The molecule has 2 atom stereocenters. The summed E-state index contributed by atoms with van der Waals surface area (Å²) in [7, 11) is 0. The van der Waals surface area contributed by atoms with Gasteiger partial charge in [-0.25, -0.2) is 0 Å². The third-order valence-electron chi connectivity index (χ3n) is 2.84. The van der Waals surface area contributed by atoms with Crippen LogP contribution in [-0.2, 0) is 11.3 Å². The summed E-state index contributed by atoms with van der Waals surface area (Å²) in [5.41, 5.74) is 1.04. The zero-order chi connectivity index (χ0) is 12.3. The van der Waals surface area contributed by atoms with Crippen molar-refractivity contribution in [1.29, 1.82) is 0 Å². The van der Waals surface area contributed by atoms with Gasteiger partial charge in [0, 0.05) is 17.6 Å². The van der Waals surface area contributed by atoms with Crippen LogP contribution >= 0.6 is 15.9 Å². The molecule has 3 N–H and O–H groups in total. The van der Waals surface area contributed by atoms with E-state index in [2.05, 4.69) is 26.6 Å². The maximum absolute atomic E-state index is 11.8. The van der Waals surface area contributed by atoms with Crippen LogP contribution in [-0.4, -0.2) is 29.7 Å². The predicted molar refractivity (Wildman–Crippen MR) is 68.4 cm³/mol. The van der Waals surface area contributed by atoms with Crippen LogP contribution in [0, 0.1) is 0 Å². The van der Waals surface area contributed by atoms with Crippen molar-refractivity contribution in [3.05, 3.63) is 34.3 Å². The number of benzene rings is 1. The van der Waals surface area contributed by atoms with Crippen LogP contribution in [0.1, 0.15) is 12.0 Å². The summed E-state index contributed by atoms with van der Waals surface area (Å²) < 4.78 is 0.986. The van der Waals surface area contributed by atoms with Crippen LogP contribution < -0.4 is 10.6 Å². The second-order valence-corrected chi connectivity index (χ2v) is 5.01. The highest BCUT2D eigenvalue weighted by molar-refractivity contribution is 9.10. The van der Waals surface area contributed by atoms with Gasteiger partial charge < -0.3 is 15.7 Å². The van der Waals surface area contributed by atoms with E-state index in [-0.39, 0.29) is 11.9 Å². The summed E-state index contributed by atoms with van der Waals surface area (Å²) >= 11 is 3.43. The van der Waals surface area contributed by atoms with Crippen molar-refractivity contribution < 1.29 is 9.90 Å². The lowest BCUT2D eigenvalue weighted by atomic mass is 10.2. The number of aliphatic hydroxyl groups is 1. The monoisotopic (exact) mass is 298 g/mol. The third kappa shape index (κ3) is 3.28. The number of carbonyl (C=O) groups is 1. The van der Waals surface area contributed by atoms with Crippen molar-refractivity contribution in [2.75, 3.05) is 6.54 Å². The Morgan fingerprint density at radius 2 is 2.29 bits per heavy atom. The first kappa shape index (κ1) is 12.5. The Balaban J connectivity index is 1.86. The maximum atomic E-state index is 11.8. The summed E-state index contributed by atoms with van der Waals surface area (Å²) in [5.74, 6) is -0.0581. The lowest BCUT2D eigenvalue weighted by Crippen LogP contribution is -2.40. The molecule has 0 spiro atoms. The minimum absolute atomic E-state index is 0.0581. The number of aliphatic hydroxyl groups excluding tert-OH is 1. The molecule has 1 amide bonds. The third-order valence-corrected chi connectivity index (χ3v) is 3.61. The van der Waals surface area contributed by atoms with E-state index >= 15 is 0 Å². The Morgan fingerprint density at radius 3 is 2.94 bits per heavy atom. The number of hydrogen-bond acceptors (Lipinski definition) is 3. The minimum Gasteiger partial charge on any atom is -0.392 e. The molecule has 1 saturated heterocycles. The zero-order valence-electron chi connectivity index (χ0n) is 9.32. The molecule has 17 heavy (non-hydrogen) atoms. The Bertz CT molecular complexity index is 411. The molecule has 0 unspecified atom stereocenters. The Kier molecular flexibility index (Phi) is 4.15. The standard InChI is InChI=1S/C12H15BrN2O2/c13-10-4-2-1-3-8(10)6-15-12(17)11-5-9(16)7-14-11/h1-4,9,11,14,16H,5-7H2,(H,15,17)/t9-,11+/m1/s1. The average molecular weight is 299 g/mol. The number of carbonyl (C=O) groups excluding carboxylic acids is 1. The fourth-order valence-electron chi connectivity index (χ4n) is 1.86. The topological polar surface area (TPSA) is 61.4 Å². The maximum Gasteiger partial charge on any atom is 0.237 e. The van der Waals surface area contributed by atoms with Gasteiger partial charge in [0.05, 0.1) is 12.1 Å². The quantitative estimate of drug-likeness (QED) is 0.773. The molecule has 4 nitrogen and oxygen atoms in total. The van der Waals surface area contributed by atoms with Gasteiger partial charge in [0.15, 0.2) is 0 Å². The largest absolute Gasteiger partial charge is 0.392 e. The first-order chi connectivity index (χ1) is 8.16. The lowest BCUT2D eigenvalue weighted by molar-refractivity contribution is -0.123. The van der Waals surface area contributed by atoms with E-state index in [9.17, 15) is 9.90 Å². The normalized spacial score (nSPS) is 23.6. The van der Waals surface area contributed by atoms with Crippen molar-refractivity contribution in [2.45, 2.75) is 25.1 Å². The van der Waals surface area contributed by atoms with E-state index in [0.29, 0.717) is 19.5 Å². The summed E-state index contributed by atoms with van der Waals surface area (Å²) in [6.07, 6.45) is 0.0798. The Hall–Kier alpha value is -0.910. The van der Waals surface area contributed by atoms with Gasteiger partial charge in [0.2, 0.25) is 5.91 Å². The van der Waals surface area contributed by atoms with Gasteiger partial charge in [-0.15, -0.1) is 0 Å². The van der Waals surface area contributed by atoms with Crippen LogP contribution in [0.5, 0.6) is 0 Å². The van der Waals surface area contributed by atoms with Crippen molar-refractivity contribution >= 4 is 21.8 Å². The molecular weight excluding hydrogens is 284 g/mol. The molecule has 92 valence electrons. The van der Waals surface area contributed by atoms with Gasteiger partial charge in [-0.3, -0.25) is 4.79 Å². The van der Waals surface area contributed by atoms with Crippen LogP contribution in [0.4, 0.5) is 0 Å². The summed E-state index contributed by atoms with van der Waals surface area (Å²) in [4.78, 5) is 11.8. The molecule has 0 radical (unpaired) electrons. The fraction of sp³-hybridized carbons (Fsp3) is 0.417. The number of halogens is 1. The van der Waals surface area contributed by atoms with E-state index in [0.717, 1.165) is 10.0 Å². The van der Waals surface area contributed by atoms with Crippen LogP contribution in [0.3, 0.4) is 0 Å². The van der Waals surface area contributed by atoms with Gasteiger partial charge in [0.25, 0.3) is 0 Å². The van der Waals surface area contributed by atoms with E-state index in [1.807, 2.05) is 24.3 Å². The van der Waals surface area contributed by atoms with E-state index in [4.69, 9.17) is 0 Å². The van der Waals surface area contributed by atoms with Gasteiger partial charge in [0.1, 0.15) is 0 Å². The Labute approximate surface area is 109 Å². The van der Waals surface area contributed by atoms with E-state index in [1.165, 1.54) is 0 Å². The molecule has 1 heterocycles. The number of hydrogen-bond donors (Lipinski definition) is 3. The van der Waals surface area contributed by atoms with Crippen LogP contribution in [0.2, 0.25) is 0 Å². The highest BCUT2D eigenvalue weighted by atomic mass is 79.9. The molecule has 0 aromatic heterocycles. The first-order valence-electron chi connectivity index (χ1n) is 5.59. The highest BCUT2D eigenvalue weighted by Crippen LogP contribution is 2.15. The second kappa shape index (κ2) is 5.62. The lowest BCUT2D eigenvalue weighted by Gasteiger charge is -2.11. The molecule has 1 aliphatic heterocycles. The van der Waals surface area contributed by atoms with Crippen LogP contribution in [0.15, 0.2) is 28.7 Å². The van der Waals surface area contributed by atoms with E-state index in [1.54, 1.807) is 0 Å². The zero-order valence-corrected chi connectivity index (χ0v) is 10.9. The molecule has 1 aliphatic rings. The second-order valence-electron chi connectivity index (χ2n) is 4.16. The predicted octanol–water partition coefficient (Wildman–Crippen LogP) is 0.788. The van der Waals surface area contributed by atoms with Crippen molar-refractivity contribution in [1.82, 2.24) is 10.6 Å². The average Bonchev–Trinajstić information content (AvgIpc) is 2.74. The Morgan fingerprint density at radius 1 is 1.53 bits per heavy atom. The van der Waals surface area contributed by atoms with E-state index < -0.39 is 6.10 Å². The molecule has 0 bridgehead atoms. The highest BCUT2D eigenvalue weighted by Gasteiger charge is 2.27. The smallest absolute Gasteiger partial charge is 0.237 e. The van der Waals surface area contributed by atoms with Crippen LogP contribution in [0.25, 0.3) is 0 Å². The van der Waals surface area contributed by atoms with Crippen molar-refractivity contribution in [3.63, 3.8) is 0 Å². The SMILES string of the molecule is O=C(NCc1ccccc1Br)[C@@H]1C[C@@H](O)CN1. The van der Waals surface area contributed by atoms with Gasteiger partial charge in [-0.1, -0.05) is 34.1 Å². The van der Waals surface area contributed by atoms with Gasteiger partial charge >= 0.3 is 0 Å². The molecule has 5 heteroatoms. The number of β-amino-alcohol motifs (C(OH)–C–C–N with tert-alkyl or cyclic N) is 1. The minimum atomic E-state index is -0.408. The number of rotatable bonds is 3. The summed E-state index contributed by atoms with van der Waals surface area (Å²) in [6.45, 7) is 0.988. The molecule has 1 aromatic carbocycles. The molecular formula is C12H15BrN2O2. The fourth-order valence-corrected chi connectivity index (χ4v) is 2.29.